The summed E-state index contributed by atoms with van der Waals surface area (Å²) in [6.45, 7) is 4.17. The predicted molar refractivity (Wildman–Crippen MR) is 34.3 cm³/mol. The maximum absolute atomic E-state index is 12.3. The van der Waals surface area contributed by atoms with Gasteiger partial charge in [-0.1, -0.05) is 6.08 Å². The summed E-state index contributed by atoms with van der Waals surface area (Å²) in [6, 6.07) is 0. The first kappa shape index (κ1) is 8.34. The van der Waals surface area contributed by atoms with Crippen molar-refractivity contribution < 1.29 is 8.78 Å². The van der Waals surface area contributed by atoms with Crippen LogP contribution in [-0.4, -0.2) is 0 Å². The highest BCUT2D eigenvalue weighted by Gasteiger charge is 1.99. The SMILES string of the molecule is C/C=C(F)\C(C)=C(/C)F. The first-order valence-electron chi connectivity index (χ1n) is 2.74. The Labute approximate surface area is 53.9 Å². The van der Waals surface area contributed by atoms with Gasteiger partial charge in [0.05, 0.1) is 0 Å². The van der Waals surface area contributed by atoms with Crippen LogP contribution in [-0.2, 0) is 0 Å². The second-order valence-corrected chi connectivity index (χ2v) is 1.80. The van der Waals surface area contributed by atoms with Crippen LogP contribution in [0.3, 0.4) is 0 Å². The predicted octanol–water partition coefficient (Wildman–Crippen LogP) is 3.12. The van der Waals surface area contributed by atoms with Crippen LogP contribution in [0.4, 0.5) is 8.78 Å². The summed E-state index contributed by atoms with van der Waals surface area (Å²) in [5.41, 5.74) is 0.0810. The zero-order chi connectivity index (χ0) is 7.44. The monoisotopic (exact) mass is 132 g/mol. The van der Waals surface area contributed by atoms with E-state index in [9.17, 15) is 8.78 Å². The molecule has 0 heterocycles. The molecule has 0 unspecified atom stereocenters. The molecule has 0 saturated carbocycles. The third-order valence-corrected chi connectivity index (χ3v) is 1.13. The Morgan fingerprint density at radius 3 is 1.78 bits per heavy atom. The molecule has 0 atom stereocenters. The summed E-state index contributed by atoms with van der Waals surface area (Å²) in [5, 5.41) is 0. The smallest absolute Gasteiger partial charge is 0.124 e. The molecule has 0 radical (unpaired) electrons. The van der Waals surface area contributed by atoms with Gasteiger partial charge in [-0.3, -0.25) is 0 Å². The van der Waals surface area contributed by atoms with Crippen LogP contribution in [0, 0.1) is 0 Å². The summed E-state index contributed by atoms with van der Waals surface area (Å²) < 4.78 is 24.5. The highest BCUT2D eigenvalue weighted by atomic mass is 19.1. The Hall–Kier alpha value is -0.660. The second-order valence-electron chi connectivity index (χ2n) is 1.80. The molecule has 0 aliphatic rings. The molecule has 9 heavy (non-hydrogen) atoms. The van der Waals surface area contributed by atoms with Gasteiger partial charge in [0, 0.05) is 5.57 Å². The van der Waals surface area contributed by atoms with Crippen LogP contribution in [0.1, 0.15) is 20.8 Å². The van der Waals surface area contributed by atoms with Gasteiger partial charge in [-0.15, -0.1) is 0 Å². The molecular weight excluding hydrogens is 122 g/mol. The maximum Gasteiger partial charge on any atom is 0.124 e. The minimum absolute atomic E-state index is 0.0810. The fourth-order valence-electron chi connectivity index (χ4n) is 0.381. The van der Waals surface area contributed by atoms with Gasteiger partial charge in [-0.25, -0.2) is 8.78 Å². The van der Waals surface area contributed by atoms with E-state index >= 15 is 0 Å². The third kappa shape index (κ3) is 2.40. The van der Waals surface area contributed by atoms with Crippen LogP contribution >= 0.6 is 0 Å². The zero-order valence-corrected chi connectivity index (χ0v) is 5.83. The lowest BCUT2D eigenvalue weighted by Crippen LogP contribution is -1.78. The normalized spacial score (nSPS) is 15.4. The molecule has 2 heteroatoms. The minimum atomic E-state index is -0.491. The Morgan fingerprint density at radius 1 is 1.22 bits per heavy atom. The van der Waals surface area contributed by atoms with E-state index in [1.807, 2.05) is 0 Å². The average molecular weight is 132 g/mol. The molecule has 0 aromatic rings. The molecule has 0 bridgehead atoms. The third-order valence-electron chi connectivity index (χ3n) is 1.13. The Bertz CT molecular complexity index is 150. The van der Waals surface area contributed by atoms with Crippen LogP contribution in [0.5, 0.6) is 0 Å². The van der Waals surface area contributed by atoms with Gasteiger partial charge in [-0.2, -0.15) is 0 Å². The van der Waals surface area contributed by atoms with Crippen molar-refractivity contribution in [2.45, 2.75) is 20.8 Å². The summed E-state index contributed by atoms with van der Waals surface area (Å²) in [7, 11) is 0. The molecule has 0 rings (SSSR count). The van der Waals surface area contributed by atoms with E-state index in [0.29, 0.717) is 0 Å². The maximum atomic E-state index is 12.3. The van der Waals surface area contributed by atoms with Gasteiger partial charge in [0.1, 0.15) is 11.7 Å². The van der Waals surface area contributed by atoms with E-state index in [1.165, 1.54) is 26.8 Å². The van der Waals surface area contributed by atoms with Crippen molar-refractivity contribution in [3.8, 4) is 0 Å². The highest BCUT2D eigenvalue weighted by Crippen LogP contribution is 2.15. The summed E-state index contributed by atoms with van der Waals surface area (Å²) >= 11 is 0. The first-order chi connectivity index (χ1) is 4.09. The lowest BCUT2D eigenvalue weighted by atomic mass is 10.2. The number of hydrogen-bond donors (Lipinski definition) is 0. The van der Waals surface area contributed by atoms with Gasteiger partial charge in [0.15, 0.2) is 0 Å². The van der Waals surface area contributed by atoms with Crippen molar-refractivity contribution in [1.82, 2.24) is 0 Å². The van der Waals surface area contributed by atoms with E-state index in [2.05, 4.69) is 0 Å². The van der Waals surface area contributed by atoms with Gasteiger partial charge in [0.2, 0.25) is 0 Å². The Morgan fingerprint density at radius 2 is 1.67 bits per heavy atom. The molecule has 0 spiro atoms. The molecule has 0 N–H and O–H groups in total. The first-order valence-corrected chi connectivity index (χ1v) is 2.74. The minimum Gasteiger partial charge on any atom is -0.212 e. The highest BCUT2D eigenvalue weighted by molar-refractivity contribution is 5.24. The molecule has 0 aromatic heterocycles. The van der Waals surface area contributed by atoms with Gasteiger partial charge in [-0.05, 0) is 20.8 Å². The molecule has 0 aromatic carbocycles. The molecular formula is C7H10F2. The largest absolute Gasteiger partial charge is 0.212 e. The fourth-order valence-corrected chi connectivity index (χ4v) is 0.381. The van der Waals surface area contributed by atoms with Crippen molar-refractivity contribution in [3.63, 3.8) is 0 Å². The van der Waals surface area contributed by atoms with Crippen LogP contribution in [0.15, 0.2) is 23.3 Å². The zero-order valence-electron chi connectivity index (χ0n) is 5.83. The van der Waals surface area contributed by atoms with E-state index < -0.39 is 11.7 Å². The van der Waals surface area contributed by atoms with Crippen LogP contribution < -0.4 is 0 Å². The van der Waals surface area contributed by atoms with Crippen molar-refractivity contribution in [3.05, 3.63) is 23.3 Å². The van der Waals surface area contributed by atoms with Crippen molar-refractivity contribution in [2.24, 2.45) is 0 Å². The van der Waals surface area contributed by atoms with Crippen molar-refractivity contribution in [1.29, 1.82) is 0 Å². The Balaban J connectivity index is 4.40. The number of rotatable bonds is 1. The summed E-state index contributed by atoms with van der Waals surface area (Å²) in [6.07, 6.45) is 1.23. The van der Waals surface area contributed by atoms with E-state index in [1.54, 1.807) is 0 Å². The fraction of sp³-hybridized carbons (Fsp3) is 0.429. The lowest BCUT2D eigenvalue weighted by molar-refractivity contribution is 0.594. The van der Waals surface area contributed by atoms with Gasteiger partial charge < -0.3 is 0 Å². The number of hydrogen-bond acceptors (Lipinski definition) is 0. The number of allylic oxidation sites excluding steroid dienone is 4. The Kier molecular flexibility index (Phi) is 3.13. The summed E-state index contributed by atoms with van der Waals surface area (Å²) in [5.74, 6) is -0.958. The van der Waals surface area contributed by atoms with Crippen LogP contribution in [0.25, 0.3) is 0 Å². The van der Waals surface area contributed by atoms with Gasteiger partial charge in [0.25, 0.3) is 0 Å². The number of halogens is 2. The molecule has 0 aliphatic carbocycles. The van der Waals surface area contributed by atoms with E-state index in [4.69, 9.17) is 0 Å². The second kappa shape index (κ2) is 3.38. The summed E-state index contributed by atoms with van der Waals surface area (Å²) in [4.78, 5) is 0. The molecule has 0 aliphatic heterocycles. The molecule has 0 saturated heterocycles. The van der Waals surface area contributed by atoms with E-state index in [0.717, 1.165) is 0 Å². The van der Waals surface area contributed by atoms with Crippen molar-refractivity contribution >= 4 is 0 Å². The molecule has 0 nitrogen and oxygen atoms in total. The van der Waals surface area contributed by atoms with Crippen LogP contribution in [0.2, 0.25) is 0 Å². The van der Waals surface area contributed by atoms with E-state index in [-0.39, 0.29) is 5.57 Å². The quantitative estimate of drug-likeness (QED) is 0.481. The molecule has 0 amide bonds. The topological polar surface area (TPSA) is 0 Å². The lowest BCUT2D eigenvalue weighted by Gasteiger charge is -1.94. The standard InChI is InChI=1S/C7H10F2/c1-4-7(9)5(2)6(3)8/h4H,1-3H3/b6-5+,7-4+. The van der Waals surface area contributed by atoms with Gasteiger partial charge >= 0.3 is 0 Å². The van der Waals surface area contributed by atoms with Crippen molar-refractivity contribution in [2.75, 3.05) is 0 Å². The average Bonchev–Trinajstić information content (AvgIpc) is 1.84. The molecule has 52 valence electrons. The molecule has 0 fully saturated rings.